The van der Waals surface area contributed by atoms with Crippen molar-refractivity contribution >= 4 is 11.6 Å². The van der Waals surface area contributed by atoms with Crippen LogP contribution in [0.15, 0.2) is 30.5 Å². The van der Waals surface area contributed by atoms with Crippen LogP contribution in [-0.4, -0.2) is 41.4 Å². The van der Waals surface area contributed by atoms with Crippen LogP contribution in [0.25, 0.3) is 0 Å². The number of anilines is 2. The summed E-state index contributed by atoms with van der Waals surface area (Å²) in [4.78, 5) is 7.68. The second kappa shape index (κ2) is 6.74. The summed E-state index contributed by atoms with van der Waals surface area (Å²) in [6, 6.07) is 6.26. The number of aromatic nitrogens is 3. The number of pyridine rings is 1. The minimum atomic E-state index is -4.41. The van der Waals surface area contributed by atoms with Crippen LogP contribution in [0.2, 0.25) is 0 Å². The van der Waals surface area contributed by atoms with E-state index in [0.29, 0.717) is 26.2 Å². The Hall–Kier alpha value is -2.38. The van der Waals surface area contributed by atoms with Crippen molar-refractivity contribution in [1.82, 2.24) is 15.2 Å². The molecule has 0 aromatic carbocycles. The highest BCUT2D eigenvalue weighted by Gasteiger charge is 2.36. The van der Waals surface area contributed by atoms with Gasteiger partial charge in [-0.3, -0.25) is 0 Å². The summed E-state index contributed by atoms with van der Waals surface area (Å²) in [5.41, 5.74) is 0.142. The molecule has 8 heteroatoms. The van der Waals surface area contributed by atoms with Crippen molar-refractivity contribution in [3.05, 3.63) is 41.7 Å². The predicted octanol–water partition coefficient (Wildman–Crippen LogP) is 3.51. The van der Waals surface area contributed by atoms with Crippen LogP contribution < -0.4 is 9.80 Å². The van der Waals surface area contributed by atoms with Gasteiger partial charge < -0.3 is 9.80 Å². The first-order valence-electron chi connectivity index (χ1n) is 8.52. The lowest BCUT2D eigenvalue weighted by atomic mass is 9.92. The number of alkyl halides is 3. The first-order valence-corrected chi connectivity index (χ1v) is 8.52. The molecule has 0 N–H and O–H groups in total. The third-order valence-corrected chi connectivity index (χ3v) is 4.41. The molecule has 1 saturated heterocycles. The molecule has 3 rings (SSSR count). The Morgan fingerprint density at radius 2 is 1.54 bits per heavy atom. The number of nitrogens with zero attached hydrogens (tertiary/aromatic N) is 5. The van der Waals surface area contributed by atoms with E-state index in [1.54, 1.807) is 4.90 Å². The van der Waals surface area contributed by atoms with E-state index in [-0.39, 0.29) is 11.2 Å². The van der Waals surface area contributed by atoms with Gasteiger partial charge in [0.1, 0.15) is 5.82 Å². The lowest BCUT2D eigenvalue weighted by Crippen LogP contribution is -2.47. The molecule has 0 amide bonds. The van der Waals surface area contributed by atoms with Gasteiger partial charge in [0.15, 0.2) is 5.82 Å². The van der Waals surface area contributed by atoms with Gasteiger partial charge >= 0.3 is 6.18 Å². The zero-order chi connectivity index (χ0) is 18.9. The van der Waals surface area contributed by atoms with Gasteiger partial charge in [0, 0.05) is 37.8 Å². The Kier molecular flexibility index (Phi) is 4.77. The maximum Gasteiger partial charge on any atom is 0.419 e. The number of piperazine rings is 1. The molecule has 0 bridgehead atoms. The van der Waals surface area contributed by atoms with Crippen LogP contribution in [0, 0.1) is 0 Å². The van der Waals surface area contributed by atoms with Gasteiger partial charge in [0.25, 0.3) is 0 Å². The monoisotopic (exact) mass is 365 g/mol. The van der Waals surface area contributed by atoms with Gasteiger partial charge in [-0.05, 0) is 24.3 Å². The fourth-order valence-electron chi connectivity index (χ4n) is 2.91. The quantitative estimate of drug-likeness (QED) is 0.815. The van der Waals surface area contributed by atoms with E-state index in [9.17, 15) is 13.2 Å². The van der Waals surface area contributed by atoms with E-state index in [4.69, 9.17) is 0 Å². The first-order chi connectivity index (χ1) is 12.2. The summed E-state index contributed by atoms with van der Waals surface area (Å²) in [5, 5.41) is 8.57. The van der Waals surface area contributed by atoms with Crippen molar-refractivity contribution in [1.29, 1.82) is 0 Å². The summed E-state index contributed by atoms with van der Waals surface area (Å²) >= 11 is 0. The average Bonchev–Trinajstić information content (AvgIpc) is 2.61. The van der Waals surface area contributed by atoms with Crippen LogP contribution in [-0.2, 0) is 11.6 Å². The highest BCUT2D eigenvalue weighted by molar-refractivity contribution is 5.50. The van der Waals surface area contributed by atoms with Crippen LogP contribution in [0.1, 0.15) is 32.0 Å². The van der Waals surface area contributed by atoms with Gasteiger partial charge in [-0.1, -0.05) is 20.8 Å². The van der Waals surface area contributed by atoms with Gasteiger partial charge in [-0.25, -0.2) is 4.98 Å². The molecule has 2 aromatic heterocycles. The van der Waals surface area contributed by atoms with E-state index >= 15 is 0 Å². The molecule has 0 unspecified atom stereocenters. The van der Waals surface area contributed by atoms with Crippen molar-refractivity contribution in [3.63, 3.8) is 0 Å². The highest BCUT2D eigenvalue weighted by atomic mass is 19.4. The fourth-order valence-corrected chi connectivity index (χ4v) is 2.91. The van der Waals surface area contributed by atoms with Crippen molar-refractivity contribution in [2.45, 2.75) is 32.4 Å². The average molecular weight is 365 g/mol. The highest BCUT2D eigenvalue weighted by Crippen LogP contribution is 2.35. The molecule has 26 heavy (non-hydrogen) atoms. The Bertz CT molecular complexity index is 745. The van der Waals surface area contributed by atoms with Gasteiger partial charge in [-0.2, -0.15) is 18.3 Å². The van der Waals surface area contributed by atoms with Crippen LogP contribution in [0.4, 0.5) is 24.8 Å². The van der Waals surface area contributed by atoms with Gasteiger partial charge in [0.05, 0.1) is 11.3 Å². The van der Waals surface area contributed by atoms with Crippen molar-refractivity contribution < 1.29 is 13.2 Å². The smallest absolute Gasteiger partial charge is 0.353 e. The van der Waals surface area contributed by atoms with E-state index < -0.39 is 11.7 Å². The van der Waals surface area contributed by atoms with Crippen LogP contribution in [0.3, 0.4) is 0 Å². The molecule has 1 aliphatic heterocycles. The molecule has 0 radical (unpaired) electrons. The summed E-state index contributed by atoms with van der Waals surface area (Å²) in [5.74, 6) is 0.739. The predicted molar refractivity (Wildman–Crippen MR) is 94.4 cm³/mol. The first kappa shape index (κ1) is 18.4. The molecule has 0 saturated carbocycles. The van der Waals surface area contributed by atoms with E-state index in [1.807, 2.05) is 17.0 Å². The largest absolute Gasteiger partial charge is 0.419 e. The summed E-state index contributed by atoms with van der Waals surface area (Å²) < 4.78 is 39.6. The standard InChI is InChI=1S/C18H22F3N5/c1-17(2,3)14-6-7-15(24-23-14)25-9-11-26(12-10-25)16-13(18(19,20)21)5-4-8-22-16/h4-8H,9-12H2,1-3H3. The maximum atomic E-state index is 13.2. The third-order valence-electron chi connectivity index (χ3n) is 4.41. The Morgan fingerprint density at radius 3 is 2.08 bits per heavy atom. The molecule has 1 fully saturated rings. The van der Waals surface area contributed by atoms with E-state index in [2.05, 4.69) is 36.0 Å². The number of halogens is 3. The summed E-state index contributed by atoms with van der Waals surface area (Å²) in [6.07, 6.45) is -3.01. The second-order valence-electron chi connectivity index (χ2n) is 7.37. The molecule has 0 spiro atoms. The molecule has 1 aliphatic rings. The molecule has 3 heterocycles. The molecular weight excluding hydrogens is 343 g/mol. The maximum absolute atomic E-state index is 13.2. The number of hydrogen-bond acceptors (Lipinski definition) is 5. The van der Waals surface area contributed by atoms with Crippen LogP contribution >= 0.6 is 0 Å². The van der Waals surface area contributed by atoms with Crippen molar-refractivity contribution in [3.8, 4) is 0 Å². The van der Waals surface area contributed by atoms with Gasteiger partial charge in [0.2, 0.25) is 0 Å². The molecule has 2 aromatic rings. The Balaban J connectivity index is 1.71. The summed E-state index contributed by atoms with van der Waals surface area (Å²) in [7, 11) is 0. The normalized spacial score (nSPS) is 16.1. The van der Waals surface area contributed by atoms with Gasteiger partial charge in [-0.15, -0.1) is 5.10 Å². The topological polar surface area (TPSA) is 45.2 Å². The fraction of sp³-hybridized carbons (Fsp3) is 0.500. The second-order valence-corrected chi connectivity index (χ2v) is 7.37. The van der Waals surface area contributed by atoms with E-state index in [0.717, 1.165) is 17.6 Å². The lowest BCUT2D eigenvalue weighted by Gasteiger charge is -2.36. The third kappa shape index (κ3) is 3.89. The number of rotatable bonds is 2. The summed E-state index contributed by atoms with van der Waals surface area (Å²) in [6.45, 7) is 8.24. The minimum absolute atomic E-state index is 0.00573. The molecule has 140 valence electrons. The molecule has 0 atom stereocenters. The molecule has 5 nitrogen and oxygen atoms in total. The molecular formula is C18H22F3N5. The van der Waals surface area contributed by atoms with Crippen LogP contribution in [0.5, 0.6) is 0 Å². The van der Waals surface area contributed by atoms with E-state index in [1.165, 1.54) is 12.3 Å². The Morgan fingerprint density at radius 1 is 0.885 bits per heavy atom. The van der Waals surface area contributed by atoms with Crippen molar-refractivity contribution in [2.24, 2.45) is 0 Å². The zero-order valence-corrected chi connectivity index (χ0v) is 15.1. The number of hydrogen-bond donors (Lipinski definition) is 0. The Labute approximate surface area is 150 Å². The SMILES string of the molecule is CC(C)(C)c1ccc(N2CCN(c3ncccc3C(F)(F)F)CC2)nn1. The van der Waals surface area contributed by atoms with Crippen molar-refractivity contribution in [2.75, 3.05) is 36.0 Å². The molecule has 0 aliphatic carbocycles. The minimum Gasteiger partial charge on any atom is -0.353 e. The zero-order valence-electron chi connectivity index (χ0n) is 15.1. The lowest BCUT2D eigenvalue weighted by molar-refractivity contribution is -0.137.